The number of aromatic nitrogens is 1. The Morgan fingerprint density at radius 3 is 2.42 bits per heavy atom. The summed E-state index contributed by atoms with van der Waals surface area (Å²) in [5.41, 5.74) is 1.54. The summed E-state index contributed by atoms with van der Waals surface area (Å²) in [5.74, 6) is -0.395. The number of pyridine rings is 1. The van der Waals surface area contributed by atoms with E-state index in [0.29, 0.717) is 11.1 Å². The molecule has 0 unspecified atom stereocenters. The zero-order chi connectivity index (χ0) is 18.1. The summed E-state index contributed by atoms with van der Waals surface area (Å²) in [5, 5.41) is 5.14. The van der Waals surface area contributed by atoms with Crippen molar-refractivity contribution in [3.05, 3.63) is 63.3 Å². The first-order valence-corrected chi connectivity index (χ1v) is 9.00. The van der Waals surface area contributed by atoms with Crippen molar-refractivity contribution in [3.63, 3.8) is 0 Å². The molecule has 2 N–H and O–H groups in total. The van der Waals surface area contributed by atoms with E-state index >= 15 is 0 Å². The first kappa shape index (κ1) is 19.6. The lowest BCUT2D eigenvalue weighted by atomic mass is 10.1. The molecule has 1 aromatic carbocycles. The number of thiophene rings is 1. The summed E-state index contributed by atoms with van der Waals surface area (Å²) >= 11 is 1.44. The second-order valence-electron chi connectivity index (χ2n) is 4.46. The molecule has 0 fully saturated rings. The molecule has 0 saturated heterocycles. The van der Waals surface area contributed by atoms with Crippen molar-refractivity contribution in [2.75, 3.05) is 5.32 Å². The Hall–Kier alpha value is -2.40. The van der Waals surface area contributed by atoms with E-state index < -0.39 is 5.91 Å². The molecule has 5 heteroatoms. The zero-order valence-electron chi connectivity index (χ0n) is 14.8. The van der Waals surface area contributed by atoms with Gasteiger partial charge in [-0.15, -0.1) is 11.3 Å². The Morgan fingerprint density at radius 1 is 1.08 bits per heavy atom. The van der Waals surface area contributed by atoms with Gasteiger partial charge in [0.15, 0.2) is 0 Å². The molecule has 0 saturated carbocycles. The number of fused-ring (bicyclic) bond motifs is 1. The van der Waals surface area contributed by atoms with Crippen molar-refractivity contribution in [1.29, 1.82) is 0 Å². The molecule has 3 aromatic rings. The molecule has 24 heavy (non-hydrogen) atoms. The van der Waals surface area contributed by atoms with Gasteiger partial charge in [0.25, 0.3) is 5.91 Å². The van der Waals surface area contributed by atoms with Crippen LogP contribution in [0.3, 0.4) is 0 Å². The van der Waals surface area contributed by atoms with Crippen LogP contribution in [-0.4, -0.2) is 10.9 Å². The molecule has 0 aliphatic carbocycles. The molecule has 0 spiro atoms. The van der Waals surface area contributed by atoms with Crippen LogP contribution in [0.4, 0.5) is 5.69 Å². The topological polar surface area (TPSA) is 62.0 Å². The van der Waals surface area contributed by atoms with E-state index in [0.717, 1.165) is 10.4 Å². The summed E-state index contributed by atoms with van der Waals surface area (Å²) in [6, 6.07) is 9.18. The highest BCUT2D eigenvalue weighted by molar-refractivity contribution is 7.16. The van der Waals surface area contributed by atoms with Crippen LogP contribution in [0, 0.1) is 6.92 Å². The summed E-state index contributed by atoms with van der Waals surface area (Å²) in [4.78, 5) is 28.2. The Bertz CT molecular complexity index is 850. The van der Waals surface area contributed by atoms with Crippen molar-refractivity contribution in [2.45, 2.75) is 34.6 Å². The van der Waals surface area contributed by atoms with E-state index in [-0.39, 0.29) is 11.0 Å². The van der Waals surface area contributed by atoms with Gasteiger partial charge < -0.3 is 10.3 Å². The Morgan fingerprint density at radius 2 is 1.75 bits per heavy atom. The van der Waals surface area contributed by atoms with Crippen LogP contribution in [-0.2, 0) is 0 Å². The molecule has 0 bridgehead atoms. The van der Waals surface area contributed by atoms with E-state index in [1.54, 1.807) is 6.07 Å². The van der Waals surface area contributed by atoms with Crippen LogP contribution in [0.25, 0.3) is 10.2 Å². The Kier molecular flexibility index (Phi) is 7.92. The summed E-state index contributed by atoms with van der Waals surface area (Å²) in [6.45, 7) is 9.90. The fourth-order valence-electron chi connectivity index (χ4n) is 2.02. The lowest BCUT2D eigenvalue weighted by Gasteiger charge is -2.07. The van der Waals surface area contributed by atoms with Crippen molar-refractivity contribution in [3.8, 4) is 0 Å². The van der Waals surface area contributed by atoms with E-state index in [2.05, 4.69) is 10.3 Å². The van der Waals surface area contributed by atoms with Gasteiger partial charge in [-0.2, -0.15) is 0 Å². The third-order valence-electron chi connectivity index (χ3n) is 3.14. The Balaban J connectivity index is 0.000000671. The monoisotopic (exact) mass is 344 g/mol. The quantitative estimate of drug-likeness (QED) is 0.671. The number of anilines is 1. The molecule has 2 heterocycles. The van der Waals surface area contributed by atoms with Crippen LogP contribution in [0.15, 0.2) is 46.7 Å². The normalized spacial score (nSPS) is 9.38. The van der Waals surface area contributed by atoms with Gasteiger partial charge in [0, 0.05) is 11.9 Å². The summed E-state index contributed by atoms with van der Waals surface area (Å²) < 4.78 is 0. The largest absolute Gasteiger partial charge is 0.352 e. The molecule has 1 amide bonds. The zero-order valence-corrected chi connectivity index (χ0v) is 15.6. The number of aromatic amines is 1. The Labute approximate surface area is 146 Å². The fraction of sp³-hybridized carbons (Fsp3) is 0.263. The molecular formula is C19H24N2O2S. The summed E-state index contributed by atoms with van der Waals surface area (Å²) in [6.07, 6.45) is 1.47. The molecule has 0 radical (unpaired) electrons. The minimum Gasteiger partial charge on any atom is -0.352 e. The molecular weight excluding hydrogens is 320 g/mol. The minimum absolute atomic E-state index is 0.124. The van der Waals surface area contributed by atoms with Gasteiger partial charge in [-0.25, -0.2) is 0 Å². The standard InChI is InChI=1S/C15H12N2O2S.2C2H6/c1-9-4-2-3-5-12(9)17-14(19)11-8-16-15-10(13(11)18)6-7-20-15;2*1-2/h2-8H,1H3,(H,16,18)(H,17,19);2*1-2H3. The van der Waals surface area contributed by atoms with Crippen molar-refractivity contribution in [1.82, 2.24) is 4.98 Å². The molecule has 4 nitrogen and oxygen atoms in total. The second-order valence-corrected chi connectivity index (χ2v) is 5.38. The number of carbonyl (C=O) groups excluding carboxylic acids is 1. The average molecular weight is 344 g/mol. The third-order valence-corrected chi connectivity index (χ3v) is 3.99. The van der Waals surface area contributed by atoms with Gasteiger partial charge in [-0.1, -0.05) is 45.9 Å². The van der Waals surface area contributed by atoms with E-state index in [1.807, 2.05) is 64.3 Å². The highest BCUT2D eigenvalue weighted by Crippen LogP contribution is 2.17. The van der Waals surface area contributed by atoms with Gasteiger partial charge >= 0.3 is 0 Å². The first-order chi connectivity index (χ1) is 11.7. The first-order valence-electron chi connectivity index (χ1n) is 8.12. The maximum atomic E-state index is 12.2. The molecule has 3 rings (SSSR count). The fourth-order valence-corrected chi connectivity index (χ4v) is 2.77. The summed E-state index contributed by atoms with van der Waals surface area (Å²) in [7, 11) is 0. The van der Waals surface area contributed by atoms with Gasteiger partial charge in [0.1, 0.15) is 10.4 Å². The number of carbonyl (C=O) groups is 1. The molecule has 128 valence electrons. The van der Waals surface area contributed by atoms with Gasteiger partial charge in [-0.3, -0.25) is 9.59 Å². The number of hydrogen-bond donors (Lipinski definition) is 2. The highest BCUT2D eigenvalue weighted by Gasteiger charge is 2.14. The van der Waals surface area contributed by atoms with Crippen molar-refractivity contribution >= 4 is 33.1 Å². The number of hydrogen-bond acceptors (Lipinski definition) is 3. The molecule has 2 aromatic heterocycles. The number of H-pyrrole nitrogens is 1. The van der Waals surface area contributed by atoms with E-state index in [1.165, 1.54) is 17.5 Å². The van der Waals surface area contributed by atoms with Crippen LogP contribution >= 0.6 is 11.3 Å². The average Bonchev–Trinajstić information content (AvgIpc) is 3.10. The van der Waals surface area contributed by atoms with Crippen LogP contribution in [0.5, 0.6) is 0 Å². The van der Waals surface area contributed by atoms with Crippen molar-refractivity contribution < 1.29 is 4.79 Å². The predicted molar refractivity (Wildman–Crippen MR) is 104 cm³/mol. The maximum Gasteiger partial charge on any atom is 0.261 e. The number of benzene rings is 1. The minimum atomic E-state index is -0.395. The second kappa shape index (κ2) is 9.67. The van der Waals surface area contributed by atoms with Crippen LogP contribution in [0.1, 0.15) is 43.6 Å². The smallest absolute Gasteiger partial charge is 0.261 e. The van der Waals surface area contributed by atoms with Gasteiger partial charge in [-0.05, 0) is 30.0 Å². The number of nitrogens with one attached hydrogen (secondary N) is 2. The van der Waals surface area contributed by atoms with E-state index in [9.17, 15) is 9.59 Å². The predicted octanol–water partition coefficient (Wildman–Crippen LogP) is 5.20. The third kappa shape index (κ3) is 4.32. The molecule has 0 aliphatic rings. The highest BCUT2D eigenvalue weighted by atomic mass is 32.1. The van der Waals surface area contributed by atoms with Crippen LogP contribution < -0.4 is 10.7 Å². The maximum absolute atomic E-state index is 12.2. The molecule has 0 aliphatic heterocycles. The number of aryl methyl sites for hydroxylation is 1. The number of para-hydroxylation sites is 1. The lowest BCUT2D eigenvalue weighted by molar-refractivity contribution is 0.102. The van der Waals surface area contributed by atoms with Crippen molar-refractivity contribution in [2.24, 2.45) is 0 Å². The number of amides is 1. The number of rotatable bonds is 2. The van der Waals surface area contributed by atoms with Gasteiger partial charge in [0.05, 0.1) is 5.39 Å². The lowest BCUT2D eigenvalue weighted by Crippen LogP contribution is -2.21. The van der Waals surface area contributed by atoms with Gasteiger partial charge in [0.2, 0.25) is 5.43 Å². The SMILES string of the molecule is CC.CC.Cc1ccccc1NC(=O)c1c[nH]c2sccc2c1=O. The molecule has 0 atom stereocenters. The van der Waals surface area contributed by atoms with E-state index in [4.69, 9.17) is 0 Å². The van der Waals surface area contributed by atoms with Crippen LogP contribution in [0.2, 0.25) is 0 Å².